The molecule has 0 spiro atoms. The number of benzene rings is 2. The van der Waals surface area contributed by atoms with Crippen LogP contribution >= 0.6 is 0 Å². The standard InChI is InChI=1S/C22H27N3O2/c1-22(2,3)19-8-6-18(7-9-19)21(26)24-23-16-17-4-10-20(11-5-17)25-12-14-27-15-13-25/h4-11,16H,12-15H2,1-3H3,(H,24,26)/b23-16-. The second-order valence-electron chi connectivity index (χ2n) is 7.72. The summed E-state index contributed by atoms with van der Waals surface area (Å²) in [4.78, 5) is 14.5. The first-order chi connectivity index (χ1) is 12.9. The summed E-state index contributed by atoms with van der Waals surface area (Å²) in [6.45, 7) is 9.82. The van der Waals surface area contributed by atoms with Crippen molar-refractivity contribution < 1.29 is 9.53 Å². The number of carbonyl (C=O) groups excluding carboxylic acids is 1. The van der Waals surface area contributed by atoms with Crippen molar-refractivity contribution >= 4 is 17.8 Å². The molecule has 142 valence electrons. The average Bonchev–Trinajstić information content (AvgIpc) is 2.68. The van der Waals surface area contributed by atoms with Gasteiger partial charge in [0.05, 0.1) is 19.4 Å². The van der Waals surface area contributed by atoms with Crippen LogP contribution in [0, 0.1) is 0 Å². The Morgan fingerprint density at radius 1 is 1.04 bits per heavy atom. The van der Waals surface area contributed by atoms with Gasteiger partial charge in [0.1, 0.15) is 0 Å². The Balaban J connectivity index is 1.56. The molecule has 1 heterocycles. The number of ether oxygens (including phenoxy) is 1. The van der Waals surface area contributed by atoms with E-state index in [1.807, 2.05) is 36.4 Å². The van der Waals surface area contributed by atoms with Gasteiger partial charge in [-0.3, -0.25) is 4.79 Å². The van der Waals surface area contributed by atoms with E-state index in [1.54, 1.807) is 6.21 Å². The van der Waals surface area contributed by atoms with E-state index in [4.69, 9.17) is 4.74 Å². The zero-order chi connectivity index (χ0) is 19.3. The molecule has 0 atom stereocenters. The maximum atomic E-state index is 12.2. The summed E-state index contributed by atoms with van der Waals surface area (Å²) in [5, 5.41) is 4.07. The number of carbonyl (C=O) groups is 1. The number of nitrogens with one attached hydrogen (secondary N) is 1. The van der Waals surface area contributed by atoms with Crippen LogP contribution in [0.4, 0.5) is 5.69 Å². The number of hydrazone groups is 1. The van der Waals surface area contributed by atoms with Crippen molar-refractivity contribution in [2.24, 2.45) is 5.10 Å². The van der Waals surface area contributed by atoms with Gasteiger partial charge in [-0.15, -0.1) is 0 Å². The number of hydrogen-bond acceptors (Lipinski definition) is 4. The van der Waals surface area contributed by atoms with Crippen LogP contribution in [0.3, 0.4) is 0 Å². The number of amides is 1. The van der Waals surface area contributed by atoms with Crippen LogP contribution in [0.15, 0.2) is 53.6 Å². The first-order valence-corrected chi connectivity index (χ1v) is 9.30. The van der Waals surface area contributed by atoms with E-state index in [1.165, 1.54) is 11.3 Å². The molecular formula is C22H27N3O2. The lowest BCUT2D eigenvalue weighted by Crippen LogP contribution is -2.36. The van der Waals surface area contributed by atoms with Crippen molar-refractivity contribution in [3.63, 3.8) is 0 Å². The van der Waals surface area contributed by atoms with E-state index in [0.29, 0.717) is 5.56 Å². The summed E-state index contributed by atoms with van der Waals surface area (Å²) in [5.74, 6) is -0.211. The van der Waals surface area contributed by atoms with Crippen molar-refractivity contribution in [2.45, 2.75) is 26.2 Å². The molecule has 1 fully saturated rings. The van der Waals surface area contributed by atoms with Gasteiger partial charge in [-0.2, -0.15) is 5.10 Å². The lowest BCUT2D eigenvalue weighted by Gasteiger charge is -2.28. The van der Waals surface area contributed by atoms with Crippen LogP contribution < -0.4 is 10.3 Å². The maximum absolute atomic E-state index is 12.2. The smallest absolute Gasteiger partial charge is 0.271 e. The van der Waals surface area contributed by atoms with E-state index in [0.717, 1.165) is 31.9 Å². The van der Waals surface area contributed by atoms with Gasteiger partial charge in [-0.1, -0.05) is 45.0 Å². The molecule has 0 bridgehead atoms. The van der Waals surface area contributed by atoms with Crippen LogP contribution in [-0.4, -0.2) is 38.4 Å². The zero-order valence-corrected chi connectivity index (χ0v) is 16.2. The molecular weight excluding hydrogens is 338 g/mol. The summed E-state index contributed by atoms with van der Waals surface area (Å²) in [7, 11) is 0. The molecule has 0 aliphatic carbocycles. The molecule has 2 aromatic carbocycles. The van der Waals surface area contributed by atoms with Crippen LogP contribution in [0.5, 0.6) is 0 Å². The van der Waals surface area contributed by atoms with Gasteiger partial charge in [-0.05, 0) is 40.8 Å². The fourth-order valence-corrected chi connectivity index (χ4v) is 2.94. The van der Waals surface area contributed by atoms with Gasteiger partial charge in [0.15, 0.2) is 0 Å². The highest BCUT2D eigenvalue weighted by molar-refractivity contribution is 5.94. The molecule has 5 nitrogen and oxygen atoms in total. The van der Waals surface area contributed by atoms with E-state index in [9.17, 15) is 4.79 Å². The van der Waals surface area contributed by atoms with E-state index < -0.39 is 0 Å². The molecule has 1 N–H and O–H groups in total. The Labute approximate surface area is 161 Å². The molecule has 1 aliphatic heterocycles. The minimum absolute atomic E-state index is 0.0700. The lowest BCUT2D eigenvalue weighted by atomic mass is 9.87. The first kappa shape index (κ1) is 19.1. The van der Waals surface area contributed by atoms with E-state index >= 15 is 0 Å². The number of morpholine rings is 1. The zero-order valence-electron chi connectivity index (χ0n) is 16.2. The molecule has 0 unspecified atom stereocenters. The molecule has 5 heteroatoms. The molecule has 1 saturated heterocycles. The molecule has 3 rings (SSSR count). The highest BCUT2D eigenvalue weighted by Gasteiger charge is 2.14. The van der Waals surface area contributed by atoms with Crippen LogP contribution in [-0.2, 0) is 10.2 Å². The lowest BCUT2D eigenvalue weighted by molar-refractivity contribution is 0.0955. The van der Waals surface area contributed by atoms with Crippen molar-refractivity contribution in [1.29, 1.82) is 0 Å². The quantitative estimate of drug-likeness (QED) is 0.665. The Morgan fingerprint density at radius 3 is 2.26 bits per heavy atom. The SMILES string of the molecule is CC(C)(C)c1ccc(C(=O)N/N=C\c2ccc(N3CCOCC3)cc2)cc1. The van der Waals surface area contributed by atoms with Gasteiger partial charge in [0.25, 0.3) is 5.91 Å². The van der Waals surface area contributed by atoms with Gasteiger partial charge >= 0.3 is 0 Å². The highest BCUT2D eigenvalue weighted by atomic mass is 16.5. The van der Waals surface area contributed by atoms with Crippen molar-refractivity contribution in [1.82, 2.24) is 5.43 Å². The van der Waals surface area contributed by atoms with Crippen molar-refractivity contribution in [3.05, 3.63) is 65.2 Å². The summed E-state index contributed by atoms with van der Waals surface area (Å²) >= 11 is 0. The predicted molar refractivity (Wildman–Crippen MR) is 110 cm³/mol. The summed E-state index contributed by atoms with van der Waals surface area (Å²) in [6, 6.07) is 15.8. The molecule has 1 amide bonds. The van der Waals surface area contributed by atoms with Gasteiger partial charge in [-0.25, -0.2) is 5.43 Å². The summed E-state index contributed by atoms with van der Waals surface area (Å²) in [6.07, 6.45) is 1.66. The highest BCUT2D eigenvalue weighted by Crippen LogP contribution is 2.22. The van der Waals surface area contributed by atoms with Crippen LogP contribution in [0.1, 0.15) is 42.3 Å². The molecule has 27 heavy (non-hydrogen) atoms. The van der Waals surface area contributed by atoms with Crippen molar-refractivity contribution in [2.75, 3.05) is 31.2 Å². The number of nitrogens with zero attached hydrogens (tertiary/aromatic N) is 2. The Hall–Kier alpha value is -2.66. The minimum Gasteiger partial charge on any atom is -0.378 e. The van der Waals surface area contributed by atoms with Gasteiger partial charge < -0.3 is 9.64 Å². The molecule has 0 saturated carbocycles. The molecule has 0 aromatic heterocycles. The molecule has 0 radical (unpaired) electrons. The topological polar surface area (TPSA) is 53.9 Å². The second-order valence-corrected chi connectivity index (χ2v) is 7.72. The Bertz CT molecular complexity index is 784. The predicted octanol–water partition coefficient (Wildman–Crippen LogP) is 3.58. The maximum Gasteiger partial charge on any atom is 0.271 e. The fraction of sp³-hybridized carbons (Fsp3) is 0.364. The third-order valence-corrected chi connectivity index (χ3v) is 4.66. The number of anilines is 1. The monoisotopic (exact) mass is 365 g/mol. The average molecular weight is 365 g/mol. The first-order valence-electron chi connectivity index (χ1n) is 9.30. The fourth-order valence-electron chi connectivity index (χ4n) is 2.94. The molecule has 2 aromatic rings. The third kappa shape index (κ3) is 5.17. The van der Waals surface area contributed by atoms with Crippen LogP contribution in [0.2, 0.25) is 0 Å². The van der Waals surface area contributed by atoms with E-state index in [-0.39, 0.29) is 11.3 Å². The molecule has 1 aliphatic rings. The third-order valence-electron chi connectivity index (χ3n) is 4.66. The van der Waals surface area contributed by atoms with Crippen molar-refractivity contribution in [3.8, 4) is 0 Å². The van der Waals surface area contributed by atoms with Gasteiger partial charge in [0, 0.05) is 24.3 Å². The van der Waals surface area contributed by atoms with Crippen LogP contribution in [0.25, 0.3) is 0 Å². The number of hydrogen-bond donors (Lipinski definition) is 1. The summed E-state index contributed by atoms with van der Waals surface area (Å²) in [5.41, 5.74) is 6.57. The Kier molecular flexibility index (Phi) is 5.91. The number of rotatable bonds is 4. The Morgan fingerprint density at radius 2 is 1.67 bits per heavy atom. The minimum atomic E-state index is -0.211. The second kappa shape index (κ2) is 8.35. The largest absolute Gasteiger partial charge is 0.378 e. The van der Waals surface area contributed by atoms with E-state index in [2.05, 4.69) is 48.3 Å². The normalized spacial score (nSPS) is 15.1. The summed E-state index contributed by atoms with van der Waals surface area (Å²) < 4.78 is 5.38. The van der Waals surface area contributed by atoms with Gasteiger partial charge in [0.2, 0.25) is 0 Å².